The molecule has 3 heterocycles. The first kappa shape index (κ1) is 21.9. The maximum absolute atomic E-state index is 6.40. The summed E-state index contributed by atoms with van der Waals surface area (Å²) in [5, 5.41) is 4.70. The van der Waals surface area contributed by atoms with Crippen LogP contribution in [0.25, 0.3) is 16.9 Å². The molecule has 2 aromatic carbocycles. The van der Waals surface area contributed by atoms with Gasteiger partial charge in [-0.3, -0.25) is 9.47 Å². The van der Waals surface area contributed by atoms with E-state index in [9.17, 15) is 0 Å². The summed E-state index contributed by atoms with van der Waals surface area (Å²) in [7, 11) is 0. The summed E-state index contributed by atoms with van der Waals surface area (Å²) in [4.78, 5) is 18.4. The minimum absolute atomic E-state index is 0.599. The van der Waals surface area contributed by atoms with E-state index in [2.05, 4.69) is 41.8 Å². The molecule has 1 aliphatic rings. The normalized spacial score (nSPS) is 14.7. The van der Waals surface area contributed by atoms with Crippen molar-refractivity contribution in [2.75, 3.05) is 49.5 Å². The van der Waals surface area contributed by atoms with Crippen molar-refractivity contribution in [2.45, 2.75) is 6.92 Å². The number of aromatic nitrogens is 4. The lowest BCUT2D eigenvalue weighted by Gasteiger charge is -2.36. The summed E-state index contributed by atoms with van der Waals surface area (Å²) in [6, 6.07) is 15.9. The highest BCUT2D eigenvalue weighted by molar-refractivity contribution is 6.43. The van der Waals surface area contributed by atoms with Crippen LogP contribution in [0.2, 0.25) is 10.0 Å². The summed E-state index contributed by atoms with van der Waals surface area (Å²) in [5.41, 5.74) is 3.65. The van der Waals surface area contributed by atoms with Gasteiger partial charge in [0.1, 0.15) is 12.2 Å². The van der Waals surface area contributed by atoms with Crippen LogP contribution in [0.1, 0.15) is 5.82 Å². The molecule has 1 saturated heterocycles. The first-order valence-electron chi connectivity index (χ1n) is 11.0. The number of halogens is 2. The van der Waals surface area contributed by atoms with Gasteiger partial charge in [-0.25, -0.2) is 15.0 Å². The van der Waals surface area contributed by atoms with Gasteiger partial charge in [0.25, 0.3) is 0 Å². The second-order valence-electron chi connectivity index (χ2n) is 8.05. The standard InChI is InChI=1S/C24H25Cl2N7/c1-17-30-22-23(28-16-29-24(22)33(17)18-6-3-2-4-7-18)27-10-11-31-12-14-32(15-13-31)20-9-5-8-19(25)21(20)26/h2-9,16H,10-15H2,1H3,(H,27,28,29). The zero-order valence-corrected chi connectivity index (χ0v) is 19.9. The van der Waals surface area contributed by atoms with Gasteiger partial charge in [-0.15, -0.1) is 0 Å². The maximum atomic E-state index is 6.40. The average molecular weight is 482 g/mol. The Morgan fingerprint density at radius 3 is 2.52 bits per heavy atom. The number of hydrogen-bond donors (Lipinski definition) is 1. The number of nitrogens with one attached hydrogen (secondary N) is 1. The van der Waals surface area contributed by atoms with E-state index in [4.69, 9.17) is 28.2 Å². The highest BCUT2D eigenvalue weighted by Crippen LogP contribution is 2.32. The van der Waals surface area contributed by atoms with Crippen LogP contribution < -0.4 is 10.2 Å². The number of para-hydroxylation sites is 1. The highest BCUT2D eigenvalue weighted by Gasteiger charge is 2.20. The molecule has 1 fully saturated rings. The predicted molar refractivity (Wildman–Crippen MR) is 135 cm³/mol. The van der Waals surface area contributed by atoms with Gasteiger partial charge in [0, 0.05) is 45.0 Å². The Hall–Kier alpha value is -2.87. The minimum Gasteiger partial charge on any atom is -0.368 e. The van der Waals surface area contributed by atoms with E-state index in [1.807, 2.05) is 43.3 Å². The quantitative estimate of drug-likeness (QED) is 0.431. The first-order chi connectivity index (χ1) is 16.1. The van der Waals surface area contributed by atoms with Gasteiger partial charge >= 0.3 is 0 Å². The van der Waals surface area contributed by atoms with Crippen molar-refractivity contribution in [3.63, 3.8) is 0 Å². The lowest BCUT2D eigenvalue weighted by atomic mass is 10.2. The fourth-order valence-electron chi connectivity index (χ4n) is 4.30. The SMILES string of the molecule is Cc1nc2c(NCCN3CCN(c4cccc(Cl)c4Cl)CC3)ncnc2n1-c1ccccc1. The van der Waals surface area contributed by atoms with Crippen LogP contribution in [0.15, 0.2) is 54.9 Å². The van der Waals surface area contributed by atoms with Crippen molar-refractivity contribution in [2.24, 2.45) is 0 Å². The molecule has 7 nitrogen and oxygen atoms in total. The third-order valence-corrected chi connectivity index (χ3v) is 6.80. The van der Waals surface area contributed by atoms with Crippen LogP contribution >= 0.6 is 23.2 Å². The largest absolute Gasteiger partial charge is 0.368 e. The predicted octanol–water partition coefficient (Wildman–Crippen LogP) is 4.66. The molecule has 4 aromatic rings. The first-order valence-corrected chi connectivity index (χ1v) is 11.8. The number of piperazine rings is 1. The van der Waals surface area contributed by atoms with Crippen LogP contribution in [0, 0.1) is 6.92 Å². The fourth-order valence-corrected chi connectivity index (χ4v) is 4.71. The van der Waals surface area contributed by atoms with Crippen LogP contribution in [-0.2, 0) is 0 Å². The molecule has 0 atom stereocenters. The van der Waals surface area contributed by atoms with Crippen molar-refractivity contribution in [3.8, 4) is 5.69 Å². The topological polar surface area (TPSA) is 62.1 Å². The van der Waals surface area contributed by atoms with Gasteiger partial charge in [0.2, 0.25) is 0 Å². The van der Waals surface area contributed by atoms with Crippen LogP contribution in [-0.4, -0.2) is 63.7 Å². The number of benzene rings is 2. The van der Waals surface area contributed by atoms with E-state index >= 15 is 0 Å². The van der Waals surface area contributed by atoms with Gasteiger partial charge in [-0.2, -0.15) is 0 Å². The van der Waals surface area contributed by atoms with Gasteiger partial charge in [-0.05, 0) is 31.2 Å². The van der Waals surface area contributed by atoms with Crippen molar-refractivity contribution in [3.05, 3.63) is 70.7 Å². The molecule has 1 N–H and O–H groups in total. The molecule has 1 aliphatic heterocycles. The Morgan fingerprint density at radius 2 is 1.73 bits per heavy atom. The number of aryl methyl sites for hydroxylation is 1. The molecule has 5 rings (SSSR count). The minimum atomic E-state index is 0.599. The van der Waals surface area contributed by atoms with Crippen LogP contribution in [0.3, 0.4) is 0 Å². The molecule has 0 aliphatic carbocycles. The lowest BCUT2D eigenvalue weighted by Crippen LogP contribution is -2.47. The number of fused-ring (bicyclic) bond motifs is 1. The van der Waals surface area contributed by atoms with Crippen LogP contribution in [0.4, 0.5) is 11.5 Å². The average Bonchev–Trinajstić information content (AvgIpc) is 3.18. The smallest absolute Gasteiger partial charge is 0.170 e. The van der Waals surface area contributed by atoms with E-state index in [0.717, 1.165) is 73.4 Å². The Balaban J connectivity index is 1.21. The number of anilines is 2. The number of hydrogen-bond acceptors (Lipinski definition) is 6. The Bertz CT molecular complexity index is 1250. The fraction of sp³-hybridized carbons (Fsp3) is 0.292. The van der Waals surface area contributed by atoms with Gasteiger partial charge in [-0.1, -0.05) is 47.5 Å². The van der Waals surface area contributed by atoms with E-state index in [-0.39, 0.29) is 0 Å². The molecule has 0 unspecified atom stereocenters. The molecule has 9 heteroatoms. The van der Waals surface area contributed by atoms with E-state index in [0.29, 0.717) is 10.0 Å². The second kappa shape index (κ2) is 9.55. The number of rotatable bonds is 6. The Morgan fingerprint density at radius 1 is 0.939 bits per heavy atom. The number of imidazole rings is 1. The molecule has 0 saturated carbocycles. The van der Waals surface area contributed by atoms with Crippen LogP contribution in [0.5, 0.6) is 0 Å². The highest BCUT2D eigenvalue weighted by atomic mass is 35.5. The van der Waals surface area contributed by atoms with E-state index in [1.165, 1.54) is 0 Å². The maximum Gasteiger partial charge on any atom is 0.170 e. The third-order valence-electron chi connectivity index (χ3n) is 5.99. The van der Waals surface area contributed by atoms with Gasteiger partial charge in [0.05, 0.1) is 15.7 Å². The Kier molecular flexibility index (Phi) is 6.35. The zero-order chi connectivity index (χ0) is 22.8. The molecule has 0 radical (unpaired) electrons. The molecule has 0 bridgehead atoms. The molecule has 0 spiro atoms. The Labute approximate surface area is 203 Å². The third kappa shape index (κ3) is 4.49. The van der Waals surface area contributed by atoms with Crippen molar-refractivity contribution >= 4 is 45.9 Å². The zero-order valence-electron chi connectivity index (χ0n) is 18.4. The second-order valence-corrected chi connectivity index (χ2v) is 8.84. The lowest BCUT2D eigenvalue weighted by molar-refractivity contribution is 0.267. The molecule has 0 amide bonds. The van der Waals surface area contributed by atoms with Crippen molar-refractivity contribution in [1.29, 1.82) is 0 Å². The van der Waals surface area contributed by atoms with Gasteiger partial charge in [0.15, 0.2) is 17.0 Å². The molecule has 2 aromatic heterocycles. The molecular weight excluding hydrogens is 457 g/mol. The van der Waals surface area contributed by atoms with Crippen molar-refractivity contribution < 1.29 is 0 Å². The van der Waals surface area contributed by atoms with Gasteiger partial charge < -0.3 is 10.2 Å². The molecule has 33 heavy (non-hydrogen) atoms. The van der Waals surface area contributed by atoms with E-state index < -0.39 is 0 Å². The number of nitrogens with zero attached hydrogens (tertiary/aromatic N) is 6. The monoisotopic (exact) mass is 481 g/mol. The summed E-state index contributed by atoms with van der Waals surface area (Å²) in [5.74, 6) is 1.65. The summed E-state index contributed by atoms with van der Waals surface area (Å²) in [6.45, 7) is 7.44. The summed E-state index contributed by atoms with van der Waals surface area (Å²) in [6.07, 6.45) is 1.60. The van der Waals surface area contributed by atoms with E-state index in [1.54, 1.807) is 6.33 Å². The molecule has 170 valence electrons. The summed E-state index contributed by atoms with van der Waals surface area (Å²) < 4.78 is 2.06. The van der Waals surface area contributed by atoms with Crippen molar-refractivity contribution in [1.82, 2.24) is 24.4 Å². The summed E-state index contributed by atoms with van der Waals surface area (Å²) >= 11 is 12.6. The molecular formula is C24H25Cl2N7.